The molecule has 0 spiro atoms. The molecule has 9 rings (SSSR count). The predicted molar refractivity (Wildman–Crippen MR) is 216 cm³/mol. The minimum atomic E-state index is -5.24. The van der Waals surface area contributed by atoms with Crippen molar-refractivity contribution in [3.63, 3.8) is 0 Å². The summed E-state index contributed by atoms with van der Waals surface area (Å²) in [5.74, 6) is -3.09. The zero-order valence-electron chi connectivity index (χ0n) is 32.7. The Hall–Kier alpha value is -7.90. The van der Waals surface area contributed by atoms with Gasteiger partial charge < -0.3 is 18.9 Å². The number of hydrogen-bond donors (Lipinski definition) is 0. The van der Waals surface area contributed by atoms with Crippen LogP contribution >= 0.6 is 0 Å². The Bertz CT molecular complexity index is 2920. The standard InChI is InChI=1S/C46H22F12N4O4/c47-43(48,49)63-27-13-23-5-1-9-59-39(23)35(17-27)31-21-33(37-19-29(65-45(53,54)55)15-25-7-3-11-61-41(25)37)34(38-20-30(66-46(56,57)58)16-26-8-4-12-62-42(26)38)22-32(31)36-18-28(64-44(50,51)52)14-24-6-2-10-60-40(24)36/h1-22H. The van der Waals surface area contributed by atoms with Crippen molar-refractivity contribution in [2.45, 2.75) is 25.4 Å². The quantitative estimate of drug-likeness (QED) is 0.139. The van der Waals surface area contributed by atoms with Crippen LogP contribution in [0.4, 0.5) is 52.7 Å². The molecule has 0 aliphatic carbocycles. The molecule has 0 aliphatic heterocycles. The average molecular weight is 923 g/mol. The minimum absolute atomic E-state index is 0.0109. The Labute approximate surface area is 361 Å². The molecule has 0 saturated carbocycles. The summed E-state index contributed by atoms with van der Waals surface area (Å²) in [5.41, 5.74) is -1.10. The summed E-state index contributed by atoms with van der Waals surface area (Å²) < 4.78 is 185. The lowest BCUT2D eigenvalue weighted by Gasteiger charge is -2.22. The SMILES string of the molecule is FC(F)(F)Oc1cc(-c2cc(-c3cc(OC(F)(F)F)cc4cccnc34)c(-c3cc(OC(F)(F)F)cc4cccnc34)cc2-c2cc(OC(F)(F)F)cc3cccnc23)c2ncccc2c1. The van der Waals surface area contributed by atoms with E-state index in [1.54, 1.807) is 0 Å². The summed E-state index contributed by atoms with van der Waals surface area (Å²) in [7, 11) is 0. The second-order valence-corrected chi connectivity index (χ2v) is 14.3. The Balaban J connectivity index is 1.51. The third kappa shape index (κ3) is 9.19. The molecule has 0 amide bonds. The summed E-state index contributed by atoms with van der Waals surface area (Å²) in [5, 5.41) is 0.288. The smallest absolute Gasteiger partial charge is 0.406 e. The fourth-order valence-corrected chi connectivity index (χ4v) is 7.74. The minimum Gasteiger partial charge on any atom is -0.406 e. The van der Waals surface area contributed by atoms with E-state index in [-0.39, 0.29) is 88.1 Å². The van der Waals surface area contributed by atoms with Gasteiger partial charge in [-0.3, -0.25) is 19.9 Å². The van der Waals surface area contributed by atoms with Gasteiger partial charge in [0.05, 0.1) is 22.1 Å². The Morgan fingerprint density at radius 3 is 0.682 bits per heavy atom. The number of aromatic nitrogens is 4. The Morgan fingerprint density at radius 1 is 0.273 bits per heavy atom. The number of halogens is 12. The summed E-state index contributed by atoms with van der Waals surface area (Å²) in [4.78, 5) is 17.7. The normalized spacial score (nSPS) is 12.5. The van der Waals surface area contributed by atoms with E-state index in [1.165, 1.54) is 85.5 Å². The number of alkyl halides is 12. The van der Waals surface area contributed by atoms with Crippen molar-refractivity contribution in [3.8, 4) is 67.5 Å². The molecule has 0 bridgehead atoms. The van der Waals surface area contributed by atoms with E-state index >= 15 is 0 Å². The molecule has 0 N–H and O–H groups in total. The van der Waals surface area contributed by atoms with Gasteiger partial charge in [-0.05, 0) is 107 Å². The highest BCUT2D eigenvalue weighted by Crippen LogP contribution is 2.50. The molecule has 20 heteroatoms. The van der Waals surface area contributed by atoms with E-state index in [0.717, 1.165) is 48.5 Å². The highest BCUT2D eigenvalue weighted by molar-refractivity contribution is 6.10. The van der Waals surface area contributed by atoms with E-state index in [0.29, 0.717) is 0 Å². The van der Waals surface area contributed by atoms with Gasteiger partial charge in [0.1, 0.15) is 23.0 Å². The molecule has 4 aromatic heterocycles. The van der Waals surface area contributed by atoms with Crippen LogP contribution in [0.25, 0.3) is 88.1 Å². The maximum Gasteiger partial charge on any atom is 0.573 e. The van der Waals surface area contributed by atoms with Crippen molar-refractivity contribution < 1.29 is 71.6 Å². The lowest BCUT2D eigenvalue weighted by atomic mass is 9.83. The summed E-state index contributed by atoms with van der Waals surface area (Å²) in [6.45, 7) is 0. The number of benzene rings is 5. The number of rotatable bonds is 8. The third-order valence-electron chi connectivity index (χ3n) is 9.97. The van der Waals surface area contributed by atoms with Crippen molar-refractivity contribution in [2.75, 3.05) is 0 Å². The second-order valence-electron chi connectivity index (χ2n) is 14.3. The average Bonchev–Trinajstić information content (AvgIpc) is 3.22. The van der Waals surface area contributed by atoms with Crippen LogP contribution in [0, 0.1) is 0 Å². The number of fused-ring (bicyclic) bond motifs is 4. The number of nitrogens with zero attached hydrogens (tertiary/aromatic N) is 4. The molecule has 66 heavy (non-hydrogen) atoms. The molecule has 0 fully saturated rings. The predicted octanol–water partition coefficient (Wildman–Crippen LogP) is 14.1. The Kier molecular flexibility index (Phi) is 10.5. The van der Waals surface area contributed by atoms with Gasteiger partial charge in [-0.15, -0.1) is 52.7 Å². The topological polar surface area (TPSA) is 88.5 Å². The summed E-state index contributed by atoms with van der Waals surface area (Å²) in [6.07, 6.45) is -15.7. The first-order valence-electron chi connectivity index (χ1n) is 18.9. The third-order valence-corrected chi connectivity index (χ3v) is 9.97. The molecule has 0 aliphatic rings. The van der Waals surface area contributed by atoms with Crippen molar-refractivity contribution in [1.82, 2.24) is 19.9 Å². The van der Waals surface area contributed by atoms with E-state index in [9.17, 15) is 52.7 Å². The lowest BCUT2D eigenvalue weighted by Crippen LogP contribution is -2.17. The van der Waals surface area contributed by atoms with E-state index < -0.39 is 48.4 Å². The van der Waals surface area contributed by atoms with Gasteiger partial charge in [0.2, 0.25) is 0 Å². The largest absolute Gasteiger partial charge is 0.573 e. The highest BCUT2D eigenvalue weighted by Gasteiger charge is 2.35. The molecule has 4 heterocycles. The van der Waals surface area contributed by atoms with E-state index in [2.05, 4.69) is 38.9 Å². The second kappa shape index (κ2) is 16.0. The molecule has 9 aromatic rings. The van der Waals surface area contributed by atoms with Crippen LogP contribution in [0.5, 0.6) is 23.0 Å². The van der Waals surface area contributed by atoms with Crippen molar-refractivity contribution >= 4 is 43.6 Å². The molecule has 0 radical (unpaired) electrons. The number of pyridine rings is 4. The first-order valence-corrected chi connectivity index (χ1v) is 18.9. The molecule has 0 atom stereocenters. The highest BCUT2D eigenvalue weighted by atomic mass is 19.4. The zero-order valence-corrected chi connectivity index (χ0v) is 32.7. The van der Waals surface area contributed by atoms with E-state index in [4.69, 9.17) is 0 Å². The summed E-state index contributed by atoms with van der Waals surface area (Å²) in [6, 6.07) is 21.7. The fraction of sp³-hybridized carbons (Fsp3) is 0.0870. The van der Waals surface area contributed by atoms with Gasteiger partial charge in [0, 0.05) is 68.6 Å². The lowest BCUT2D eigenvalue weighted by molar-refractivity contribution is -0.275. The maximum atomic E-state index is 13.9. The molecular weight excluding hydrogens is 901 g/mol. The van der Waals surface area contributed by atoms with Crippen LogP contribution in [0.1, 0.15) is 0 Å². The van der Waals surface area contributed by atoms with Crippen molar-refractivity contribution in [3.05, 3.63) is 134 Å². The van der Waals surface area contributed by atoms with Crippen LogP contribution in [-0.4, -0.2) is 45.4 Å². The van der Waals surface area contributed by atoms with E-state index in [1.807, 2.05) is 0 Å². The van der Waals surface area contributed by atoms with Gasteiger partial charge in [0.15, 0.2) is 0 Å². The van der Waals surface area contributed by atoms with Crippen molar-refractivity contribution in [1.29, 1.82) is 0 Å². The number of ether oxygens (including phenoxy) is 4. The molecule has 0 unspecified atom stereocenters. The van der Waals surface area contributed by atoms with Gasteiger partial charge in [-0.1, -0.05) is 24.3 Å². The van der Waals surface area contributed by atoms with Crippen LogP contribution in [-0.2, 0) is 0 Å². The van der Waals surface area contributed by atoms with Gasteiger partial charge in [-0.25, -0.2) is 0 Å². The molecule has 0 saturated heterocycles. The zero-order chi connectivity index (χ0) is 46.8. The maximum absolute atomic E-state index is 13.9. The summed E-state index contributed by atoms with van der Waals surface area (Å²) >= 11 is 0. The van der Waals surface area contributed by atoms with Crippen molar-refractivity contribution in [2.24, 2.45) is 0 Å². The number of hydrogen-bond acceptors (Lipinski definition) is 8. The first kappa shape index (κ1) is 43.4. The van der Waals surface area contributed by atoms with Crippen LogP contribution in [0.15, 0.2) is 134 Å². The first-order chi connectivity index (χ1) is 31.1. The van der Waals surface area contributed by atoms with Crippen LogP contribution in [0.2, 0.25) is 0 Å². The Morgan fingerprint density at radius 2 is 0.485 bits per heavy atom. The van der Waals surface area contributed by atoms with Crippen LogP contribution < -0.4 is 18.9 Å². The molecule has 334 valence electrons. The fourth-order valence-electron chi connectivity index (χ4n) is 7.74. The van der Waals surface area contributed by atoms with Gasteiger partial charge >= 0.3 is 25.4 Å². The van der Waals surface area contributed by atoms with Gasteiger partial charge in [0.25, 0.3) is 0 Å². The monoisotopic (exact) mass is 922 g/mol. The van der Waals surface area contributed by atoms with Crippen LogP contribution in [0.3, 0.4) is 0 Å². The molecule has 5 aromatic carbocycles. The van der Waals surface area contributed by atoms with Gasteiger partial charge in [-0.2, -0.15) is 0 Å². The molecular formula is C46H22F12N4O4. The molecule has 8 nitrogen and oxygen atoms in total.